The van der Waals surface area contributed by atoms with E-state index in [0.29, 0.717) is 0 Å². The van der Waals surface area contributed by atoms with Crippen molar-refractivity contribution in [1.29, 1.82) is 0 Å². The van der Waals surface area contributed by atoms with Crippen LogP contribution < -0.4 is 0 Å². The molecule has 80 valence electrons. The van der Waals surface area contributed by atoms with Gasteiger partial charge in [-0.3, -0.25) is 9.59 Å². The van der Waals surface area contributed by atoms with Crippen LogP contribution in [-0.4, -0.2) is 45.9 Å². The summed E-state index contributed by atoms with van der Waals surface area (Å²) in [5, 5.41) is 26.1. The van der Waals surface area contributed by atoms with E-state index in [-0.39, 0.29) is 0 Å². The molecule has 7 nitrogen and oxygen atoms in total. The number of aliphatic hydroxyl groups is 1. The molecule has 0 spiro atoms. The maximum absolute atomic E-state index is 10.7. The fourth-order valence-electron chi connectivity index (χ4n) is 0.775. The summed E-state index contributed by atoms with van der Waals surface area (Å²) in [4.78, 5) is 31.4. The van der Waals surface area contributed by atoms with Crippen LogP contribution in [0.2, 0.25) is 0 Å². The zero-order chi connectivity index (χ0) is 11.4. The van der Waals surface area contributed by atoms with E-state index >= 15 is 0 Å². The smallest absolute Gasteiger partial charge is 0.336 e. The highest BCUT2D eigenvalue weighted by Gasteiger charge is 2.41. The lowest BCUT2D eigenvalue weighted by Crippen LogP contribution is -2.42. The van der Waals surface area contributed by atoms with Crippen molar-refractivity contribution in [2.24, 2.45) is 0 Å². The SMILES string of the molecule is COC(=O)CC(O)(CC(=O)O)C(=O)O. The van der Waals surface area contributed by atoms with E-state index in [9.17, 15) is 19.5 Å². The van der Waals surface area contributed by atoms with Gasteiger partial charge in [0.1, 0.15) is 0 Å². The first-order valence-electron chi connectivity index (χ1n) is 3.56. The minimum atomic E-state index is -2.61. The number of aliphatic carboxylic acids is 2. The van der Waals surface area contributed by atoms with E-state index in [4.69, 9.17) is 10.2 Å². The number of carboxylic acids is 2. The molecule has 0 bridgehead atoms. The molecule has 0 fully saturated rings. The van der Waals surface area contributed by atoms with Gasteiger partial charge in [-0.05, 0) is 0 Å². The molecular weight excluding hydrogens is 196 g/mol. The van der Waals surface area contributed by atoms with Gasteiger partial charge in [-0.1, -0.05) is 0 Å². The van der Waals surface area contributed by atoms with Crippen LogP contribution in [0.4, 0.5) is 0 Å². The lowest BCUT2D eigenvalue weighted by Gasteiger charge is -2.19. The molecule has 0 aliphatic heterocycles. The molecule has 0 aliphatic carbocycles. The summed E-state index contributed by atoms with van der Waals surface area (Å²) in [6.45, 7) is 0. The van der Waals surface area contributed by atoms with E-state index < -0.39 is 36.4 Å². The predicted molar refractivity (Wildman–Crippen MR) is 41.5 cm³/mol. The van der Waals surface area contributed by atoms with Gasteiger partial charge < -0.3 is 20.1 Å². The van der Waals surface area contributed by atoms with Crippen molar-refractivity contribution in [2.75, 3.05) is 7.11 Å². The first-order chi connectivity index (χ1) is 6.31. The summed E-state index contributed by atoms with van der Waals surface area (Å²) in [5.74, 6) is -4.28. The fourth-order valence-corrected chi connectivity index (χ4v) is 0.775. The second-order valence-electron chi connectivity index (χ2n) is 2.66. The average Bonchev–Trinajstić information content (AvgIpc) is 2.02. The Kier molecular flexibility index (Phi) is 4.03. The number of hydrogen-bond acceptors (Lipinski definition) is 5. The Bertz CT molecular complexity index is 259. The number of rotatable bonds is 5. The highest BCUT2D eigenvalue weighted by molar-refractivity contribution is 5.88. The maximum Gasteiger partial charge on any atom is 0.336 e. The summed E-state index contributed by atoms with van der Waals surface area (Å²) in [6.07, 6.45) is -1.96. The Labute approximate surface area is 78.9 Å². The second kappa shape index (κ2) is 4.56. The molecular formula is C7H10O7. The molecule has 0 saturated carbocycles. The largest absolute Gasteiger partial charge is 0.481 e. The molecule has 7 heteroatoms. The van der Waals surface area contributed by atoms with Crippen LogP contribution in [0.3, 0.4) is 0 Å². The molecule has 0 amide bonds. The number of carbonyl (C=O) groups is 3. The van der Waals surface area contributed by atoms with Gasteiger partial charge in [-0.25, -0.2) is 4.79 Å². The Morgan fingerprint density at radius 2 is 1.71 bits per heavy atom. The van der Waals surface area contributed by atoms with Crippen LogP contribution in [-0.2, 0) is 19.1 Å². The van der Waals surface area contributed by atoms with Gasteiger partial charge in [0.25, 0.3) is 0 Å². The molecule has 0 aromatic rings. The third-order valence-corrected chi connectivity index (χ3v) is 1.51. The summed E-state index contributed by atoms with van der Waals surface area (Å²) in [6, 6.07) is 0. The minimum absolute atomic E-state index is 0.898. The third-order valence-electron chi connectivity index (χ3n) is 1.51. The van der Waals surface area contributed by atoms with Crippen molar-refractivity contribution < 1.29 is 34.4 Å². The fraction of sp³-hybridized carbons (Fsp3) is 0.571. The van der Waals surface area contributed by atoms with Crippen LogP contribution in [0.15, 0.2) is 0 Å². The molecule has 0 heterocycles. The van der Waals surface area contributed by atoms with E-state index in [0.717, 1.165) is 7.11 Å². The van der Waals surface area contributed by atoms with Crippen molar-refractivity contribution in [3.8, 4) is 0 Å². The molecule has 0 aromatic heterocycles. The molecule has 0 saturated heterocycles. The van der Waals surface area contributed by atoms with Crippen molar-refractivity contribution in [2.45, 2.75) is 18.4 Å². The Balaban J connectivity index is 4.63. The zero-order valence-electron chi connectivity index (χ0n) is 7.39. The Morgan fingerprint density at radius 3 is 2.00 bits per heavy atom. The van der Waals surface area contributed by atoms with Crippen LogP contribution in [0.5, 0.6) is 0 Å². The van der Waals surface area contributed by atoms with Crippen LogP contribution in [0.1, 0.15) is 12.8 Å². The predicted octanol–water partition coefficient (Wildman–Crippen LogP) is -1.16. The van der Waals surface area contributed by atoms with Gasteiger partial charge in [0.05, 0.1) is 20.0 Å². The van der Waals surface area contributed by atoms with Crippen LogP contribution >= 0.6 is 0 Å². The van der Waals surface area contributed by atoms with E-state index in [1.54, 1.807) is 0 Å². The van der Waals surface area contributed by atoms with Crippen molar-refractivity contribution in [3.63, 3.8) is 0 Å². The molecule has 0 radical (unpaired) electrons. The van der Waals surface area contributed by atoms with E-state index in [1.165, 1.54) is 0 Å². The maximum atomic E-state index is 10.7. The summed E-state index contributed by atoms with van der Waals surface area (Å²) in [7, 11) is 1.01. The topological polar surface area (TPSA) is 121 Å². The molecule has 0 aliphatic rings. The molecule has 3 N–H and O–H groups in total. The van der Waals surface area contributed by atoms with Crippen molar-refractivity contribution in [3.05, 3.63) is 0 Å². The summed E-state index contributed by atoms with van der Waals surface area (Å²) < 4.78 is 4.12. The first kappa shape index (κ1) is 12.4. The van der Waals surface area contributed by atoms with E-state index in [2.05, 4.69) is 4.74 Å². The summed E-state index contributed by atoms with van der Waals surface area (Å²) in [5.41, 5.74) is -2.61. The lowest BCUT2D eigenvalue weighted by atomic mass is 9.96. The monoisotopic (exact) mass is 206 g/mol. The van der Waals surface area contributed by atoms with Gasteiger partial charge in [-0.15, -0.1) is 0 Å². The van der Waals surface area contributed by atoms with Gasteiger partial charge in [0.2, 0.25) is 0 Å². The molecule has 1 unspecified atom stereocenters. The highest BCUT2D eigenvalue weighted by Crippen LogP contribution is 2.16. The van der Waals surface area contributed by atoms with Gasteiger partial charge in [-0.2, -0.15) is 0 Å². The number of carbonyl (C=O) groups excluding carboxylic acids is 1. The quantitative estimate of drug-likeness (QED) is 0.485. The molecule has 0 aromatic carbocycles. The molecule has 0 rings (SSSR count). The standard InChI is InChI=1S/C7H10O7/c1-14-5(10)3-7(13,6(11)12)2-4(8)9/h13H,2-3H2,1H3,(H,8,9)(H,11,12). The number of carboxylic acid groups (broad SMARTS) is 2. The number of hydrogen-bond donors (Lipinski definition) is 3. The zero-order valence-corrected chi connectivity index (χ0v) is 7.39. The average molecular weight is 206 g/mol. The lowest BCUT2D eigenvalue weighted by molar-refractivity contribution is -0.171. The number of esters is 1. The third kappa shape index (κ3) is 3.40. The van der Waals surface area contributed by atoms with E-state index in [1.807, 2.05) is 0 Å². The Morgan fingerprint density at radius 1 is 1.21 bits per heavy atom. The minimum Gasteiger partial charge on any atom is -0.481 e. The molecule has 1 atom stereocenters. The highest BCUT2D eigenvalue weighted by atomic mass is 16.5. The molecule has 14 heavy (non-hydrogen) atoms. The van der Waals surface area contributed by atoms with Gasteiger partial charge in [0, 0.05) is 0 Å². The number of ether oxygens (including phenoxy) is 1. The van der Waals surface area contributed by atoms with Crippen molar-refractivity contribution >= 4 is 17.9 Å². The summed E-state index contributed by atoms with van der Waals surface area (Å²) >= 11 is 0. The Hall–Kier alpha value is -1.63. The first-order valence-corrected chi connectivity index (χ1v) is 3.56. The van der Waals surface area contributed by atoms with Crippen LogP contribution in [0, 0.1) is 0 Å². The van der Waals surface area contributed by atoms with Gasteiger partial charge in [0.15, 0.2) is 5.60 Å². The second-order valence-corrected chi connectivity index (χ2v) is 2.66. The van der Waals surface area contributed by atoms with Gasteiger partial charge >= 0.3 is 17.9 Å². The normalized spacial score (nSPS) is 14.1. The number of methoxy groups -OCH3 is 1. The van der Waals surface area contributed by atoms with Crippen molar-refractivity contribution in [1.82, 2.24) is 0 Å². The van der Waals surface area contributed by atoms with Crippen LogP contribution in [0.25, 0.3) is 0 Å².